The van der Waals surface area contributed by atoms with Crippen molar-refractivity contribution >= 4 is 11.6 Å². The molecule has 1 heterocycles. The lowest BCUT2D eigenvalue weighted by Crippen LogP contribution is -2.33. The maximum Gasteiger partial charge on any atom is 0.124 e. The molecule has 1 nitrogen and oxygen atoms in total. The third kappa shape index (κ3) is 3.43. The SMILES string of the molecule is CCC1CCN(Cc2ccc(F)cc2Cl)CC1. The number of piperidine rings is 1. The van der Waals surface area contributed by atoms with Crippen molar-refractivity contribution in [2.24, 2.45) is 5.92 Å². The van der Waals surface area contributed by atoms with Crippen LogP contribution in [0.15, 0.2) is 18.2 Å². The highest BCUT2D eigenvalue weighted by Crippen LogP contribution is 2.24. The van der Waals surface area contributed by atoms with Crippen LogP contribution in [0.4, 0.5) is 4.39 Å². The van der Waals surface area contributed by atoms with Crippen molar-refractivity contribution in [3.8, 4) is 0 Å². The van der Waals surface area contributed by atoms with E-state index in [-0.39, 0.29) is 5.82 Å². The first-order valence-electron chi connectivity index (χ1n) is 6.35. The lowest BCUT2D eigenvalue weighted by atomic mass is 9.94. The van der Waals surface area contributed by atoms with Crippen molar-refractivity contribution in [2.75, 3.05) is 13.1 Å². The van der Waals surface area contributed by atoms with Gasteiger partial charge in [0.05, 0.1) is 0 Å². The second kappa shape index (κ2) is 5.83. The largest absolute Gasteiger partial charge is 0.299 e. The normalized spacial score (nSPS) is 18.5. The van der Waals surface area contributed by atoms with Gasteiger partial charge < -0.3 is 0 Å². The average Bonchev–Trinajstić information content (AvgIpc) is 2.34. The Balaban J connectivity index is 1.93. The molecule has 0 saturated carbocycles. The first-order valence-corrected chi connectivity index (χ1v) is 6.73. The highest BCUT2D eigenvalue weighted by atomic mass is 35.5. The minimum absolute atomic E-state index is 0.261. The average molecular weight is 256 g/mol. The van der Waals surface area contributed by atoms with Gasteiger partial charge in [0.15, 0.2) is 0 Å². The Labute approximate surface area is 108 Å². The Hall–Kier alpha value is -0.600. The van der Waals surface area contributed by atoms with E-state index in [9.17, 15) is 4.39 Å². The maximum absolute atomic E-state index is 12.9. The fourth-order valence-corrected chi connectivity index (χ4v) is 2.67. The van der Waals surface area contributed by atoms with Crippen molar-refractivity contribution in [3.05, 3.63) is 34.6 Å². The molecule has 0 unspecified atom stereocenters. The Morgan fingerprint density at radius 1 is 1.35 bits per heavy atom. The van der Waals surface area contributed by atoms with Gasteiger partial charge >= 0.3 is 0 Å². The summed E-state index contributed by atoms with van der Waals surface area (Å²) in [5.41, 5.74) is 1.03. The zero-order chi connectivity index (χ0) is 12.3. The number of hydrogen-bond donors (Lipinski definition) is 0. The standard InChI is InChI=1S/C14H19ClFN/c1-2-11-5-7-17(8-6-11)10-12-3-4-13(16)9-14(12)15/h3-4,9,11H,2,5-8,10H2,1H3. The monoisotopic (exact) mass is 255 g/mol. The van der Waals surface area contributed by atoms with Crippen LogP contribution in [0.2, 0.25) is 5.02 Å². The van der Waals surface area contributed by atoms with Gasteiger partial charge in [0.25, 0.3) is 0 Å². The maximum atomic E-state index is 12.9. The molecule has 1 aromatic carbocycles. The zero-order valence-corrected chi connectivity index (χ0v) is 11.0. The van der Waals surface area contributed by atoms with Crippen molar-refractivity contribution < 1.29 is 4.39 Å². The van der Waals surface area contributed by atoms with E-state index < -0.39 is 0 Å². The van der Waals surface area contributed by atoms with Gasteiger partial charge in [-0.1, -0.05) is 31.0 Å². The van der Waals surface area contributed by atoms with E-state index in [1.165, 1.54) is 31.4 Å². The van der Waals surface area contributed by atoms with Gasteiger partial charge in [-0.3, -0.25) is 4.90 Å². The van der Waals surface area contributed by atoms with Gasteiger partial charge in [0.2, 0.25) is 0 Å². The molecule has 0 aromatic heterocycles. The van der Waals surface area contributed by atoms with Crippen LogP contribution in [0, 0.1) is 11.7 Å². The van der Waals surface area contributed by atoms with Gasteiger partial charge in [-0.25, -0.2) is 4.39 Å². The van der Waals surface area contributed by atoms with E-state index >= 15 is 0 Å². The highest BCUT2D eigenvalue weighted by molar-refractivity contribution is 6.31. The summed E-state index contributed by atoms with van der Waals surface area (Å²) in [6, 6.07) is 4.68. The highest BCUT2D eigenvalue weighted by Gasteiger charge is 2.18. The second-order valence-electron chi connectivity index (χ2n) is 4.86. The molecule has 0 spiro atoms. The van der Waals surface area contributed by atoms with Crippen LogP contribution < -0.4 is 0 Å². The van der Waals surface area contributed by atoms with E-state index in [4.69, 9.17) is 11.6 Å². The summed E-state index contributed by atoms with van der Waals surface area (Å²) in [6.07, 6.45) is 3.83. The molecule has 1 fully saturated rings. The topological polar surface area (TPSA) is 3.24 Å². The number of likely N-dealkylation sites (tertiary alicyclic amines) is 1. The number of benzene rings is 1. The number of nitrogens with zero attached hydrogens (tertiary/aromatic N) is 1. The van der Waals surface area contributed by atoms with Crippen LogP contribution in [0.3, 0.4) is 0 Å². The number of rotatable bonds is 3. The Kier molecular flexibility index (Phi) is 4.41. The van der Waals surface area contributed by atoms with Crippen molar-refractivity contribution in [2.45, 2.75) is 32.7 Å². The Morgan fingerprint density at radius 2 is 2.06 bits per heavy atom. The van der Waals surface area contributed by atoms with E-state index in [1.807, 2.05) is 0 Å². The van der Waals surface area contributed by atoms with Gasteiger partial charge in [-0.2, -0.15) is 0 Å². The van der Waals surface area contributed by atoms with Crippen LogP contribution in [-0.2, 0) is 6.54 Å². The van der Waals surface area contributed by atoms with E-state index in [1.54, 1.807) is 6.07 Å². The summed E-state index contributed by atoms with van der Waals surface area (Å²) in [5.74, 6) is 0.624. The number of halogens is 2. The van der Waals surface area contributed by atoms with Crippen molar-refractivity contribution in [1.82, 2.24) is 4.90 Å². The van der Waals surface area contributed by atoms with Crippen LogP contribution in [0.5, 0.6) is 0 Å². The summed E-state index contributed by atoms with van der Waals surface area (Å²) in [4.78, 5) is 2.41. The quantitative estimate of drug-likeness (QED) is 0.786. The van der Waals surface area contributed by atoms with Crippen LogP contribution in [0.25, 0.3) is 0 Å². The smallest absolute Gasteiger partial charge is 0.124 e. The van der Waals surface area contributed by atoms with Gasteiger partial charge in [0.1, 0.15) is 5.82 Å². The van der Waals surface area contributed by atoms with Gasteiger partial charge in [0, 0.05) is 11.6 Å². The molecule has 0 amide bonds. The van der Waals surface area contributed by atoms with Crippen LogP contribution in [-0.4, -0.2) is 18.0 Å². The Bertz CT molecular complexity index is 372. The molecule has 0 N–H and O–H groups in total. The minimum Gasteiger partial charge on any atom is -0.299 e. The second-order valence-corrected chi connectivity index (χ2v) is 5.27. The zero-order valence-electron chi connectivity index (χ0n) is 10.3. The molecule has 1 saturated heterocycles. The van der Waals surface area contributed by atoms with E-state index in [0.29, 0.717) is 5.02 Å². The summed E-state index contributed by atoms with van der Waals surface area (Å²) in [5, 5.41) is 0.544. The molecule has 1 aromatic rings. The summed E-state index contributed by atoms with van der Waals surface area (Å²) >= 11 is 6.04. The van der Waals surface area contributed by atoms with Crippen molar-refractivity contribution in [1.29, 1.82) is 0 Å². The lowest BCUT2D eigenvalue weighted by molar-refractivity contribution is 0.175. The Morgan fingerprint density at radius 3 is 2.65 bits per heavy atom. The first kappa shape index (κ1) is 12.8. The molecule has 0 atom stereocenters. The molecule has 1 aliphatic heterocycles. The molecule has 0 aliphatic carbocycles. The molecule has 0 radical (unpaired) electrons. The molecule has 1 aliphatic rings. The molecule has 3 heteroatoms. The summed E-state index contributed by atoms with van der Waals surface area (Å²) < 4.78 is 12.9. The van der Waals surface area contributed by atoms with Gasteiger partial charge in [-0.15, -0.1) is 0 Å². The third-order valence-corrected chi connectivity index (χ3v) is 4.05. The molecule has 0 bridgehead atoms. The lowest BCUT2D eigenvalue weighted by Gasteiger charge is -2.31. The number of hydrogen-bond acceptors (Lipinski definition) is 1. The molecule has 94 valence electrons. The van der Waals surface area contributed by atoms with Gasteiger partial charge in [-0.05, 0) is 49.5 Å². The van der Waals surface area contributed by atoms with E-state index in [0.717, 1.165) is 31.1 Å². The summed E-state index contributed by atoms with van der Waals surface area (Å²) in [6.45, 7) is 5.37. The fourth-order valence-electron chi connectivity index (χ4n) is 2.44. The minimum atomic E-state index is -0.261. The first-order chi connectivity index (χ1) is 8.19. The van der Waals surface area contributed by atoms with Crippen LogP contribution in [0.1, 0.15) is 31.7 Å². The third-order valence-electron chi connectivity index (χ3n) is 3.69. The van der Waals surface area contributed by atoms with Crippen molar-refractivity contribution in [3.63, 3.8) is 0 Å². The van der Waals surface area contributed by atoms with Crippen LogP contribution >= 0.6 is 11.6 Å². The predicted octanol–water partition coefficient (Wildman–Crippen LogP) is 4.10. The predicted molar refractivity (Wildman–Crippen MR) is 69.7 cm³/mol. The molecule has 2 rings (SSSR count). The fraction of sp³-hybridized carbons (Fsp3) is 0.571. The molecular weight excluding hydrogens is 237 g/mol. The summed E-state index contributed by atoms with van der Waals surface area (Å²) in [7, 11) is 0. The van der Waals surface area contributed by atoms with E-state index in [2.05, 4.69) is 11.8 Å². The molecular formula is C14H19ClFN. The molecule has 17 heavy (non-hydrogen) atoms.